The largest absolute Gasteiger partial charge is 0.342 e. The number of carbonyl (C=O) groups excluding carboxylic acids is 1. The second-order valence-corrected chi connectivity index (χ2v) is 4.64. The third kappa shape index (κ3) is 4.30. The standard InChI is InChI=1S/C12H24N2O.ClH/c1-4-11-5-7-14(8-6-11)12(15)10(2)9-13-3;/h10-11,13H,4-9H2,1-3H3;1H. The molecule has 0 aliphatic carbocycles. The van der Waals surface area contributed by atoms with E-state index < -0.39 is 0 Å². The molecule has 0 aromatic heterocycles. The number of nitrogens with one attached hydrogen (secondary N) is 1. The zero-order valence-electron chi connectivity index (χ0n) is 10.7. The van der Waals surface area contributed by atoms with Crippen molar-refractivity contribution in [3.63, 3.8) is 0 Å². The first kappa shape index (κ1) is 15.7. The van der Waals surface area contributed by atoms with Crippen LogP contribution < -0.4 is 5.32 Å². The van der Waals surface area contributed by atoms with Crippen LogP contribution in [0.15, 0.2) is 0 Å². The molecule has 96 valence electrons. The fraction of sp³-hybridized carbons (Fsp3) is 0.917. The van der Waals surface area contributed by atoms with E-state index in [0.717, 1.165) is 25.6 Å². The first-order valence-corrected chi connectivity index (χ1v) is 6.12. The number of carbonyl (C=O) groups is 1. The van der Waals surface area contributed by atoms with Crippen molar-refractivity contribution in [2.75, 3.05) is 26.7 Å². The van der Waals surface area contributed by atoms with Crippen LogP contribution in [0.1, 0.15) is 33.1 Å². The molecular formula is C12H25ClN2O. The molecule has 1 atom stereocenters. The molecule has 0 bridgehead atoms. The van der Waals surface area contributed by atoms with Gasteiger partial charge in [-0.1, -0.05) is 20.3 Å². The Morgan fingerprint density at radius 1 is 1.44 bits per heavy atom. The van der Waals surface area contributed by atoms with E-state index >= 15 is 0 Å². The van der Waals surface area contributed by atoms with Crippen molar-refractivity contribution in [1.82, 2.24) is 10.2 Å². The molecule has 4 heteroatoms. The second kappa shape index (κ2) is 7.91. The molecule has 0 saturated carbocycles. The maximum absolute atomic E-state index is 12.0. The fourth-order valence-electron chi connectivity index (χ4n) is 2.27. The Kier molecular flexibility index (Phi) is 7.77. The quantitative estimate of drug-likeness (QED) is 0.825. The van der Waals surface area contributed by atoms with Gasteiger partial charge in [0.2, 0.25) is 5.91 Å². The van der Waals surface area contributed by atoms with Crippen LogP contribution in [0.5, 0.6) is 0 Å². The van der Waals surface area contributed by atoms with E-state index in [4.69, 9.17) is 0 Å². The summed E-state index contributed by atoms with van der Waals surface area (Å²) >= 11 is 0. The molecule has 1 saturated heterocycles. The zero-order chi connectivity index (χ0) is 11.3. The van der Waals surface area contributed by atoms with Crippen molar-refractivity contribution in [2.45, 2.75) is 33.1 Å². The van der Waals surface area contributed by atoms with Gasteiger partial charge in [0.05, 0.1) is 0 Å². The van der Waals surface area contributed by atoms with Gasteiger partial charge in [-0.15, -0.1) is 12.4 Å². The number of rotatable bonds is 4. The topological polar surface area (TPSA) is 32.3 Å². The Morgan fingerprint density at radius 2 is 2.00 bits per heavy atom. The molecule has 0 radical (unpaired) electrons. The first-order valence-electron chi connectivity index (χ1n) is 6.12. The van der Waals surface area contributed by atoms with E-state index in [1.54, 1.807) is 0 Å². The average Bonchev–Trinajstić information content (AvgIpc) is 2.28. The number of hydrogen-bond acceptors (Lipinski definition) is 2. The molecule has 1 heterocycles. The average molecular weight is 249 g/mol. The molecule has 1 rings (SSSR count). The van der Waals surface area contributed by atoms with E-state index in [2.05, 4.69) is 12.2 Å². The van der Waals surface area contributed by atoms with E-state index in [1.165, 1.54) is 19.3 Å². The molecule has 1 unspecified atom stereocenters. The maximum atomic E-state index is 12.0. The van der Waals surface area contributed by atoms with Crippen LogP contribution in [-0.4, -0.2) is 37.5 Å². The predicted molar refractivity (Wildman–Crippen MR) is 69.9 cm³/mol. The molecule has 3 nitrogen and oxygen atoms in total. The van der Waals surface area contributed by atoms with E-state index in [1.807, 2.05) is 18.9 Å². The van der Waals surface area contributed by atoms with Crippen LogP contribution in [0.2, 0.25) is 0 Å². The van der Waals surface area contributed by atoms with Gasteiger partial charge in [0.25, 0.3) is 0 Å². The van der Waals surface area contributed by atoms with Crippen LogP contribution in [0.4, 0.5) is 0 Å². The molecule has 1 aliphatic rings. The zero-order valence-corrected chi connectivity index (χ0v) is 11.5. The minimum absolute atomic E-state index is 0. The van der Waals surface area contributed by atoms with Crippen molar-refractivity contribution in [3.05, 3.63) is 0 Å². The van der Waals surface area contributed by atoms with Gasteiger partial charge in [-0.25, -0.2) is 0 Å². The molecular weight excluding hydrogens is 224 g/mol. The van der Waals surface area contributed by atoms with Crippen molar-refractivity contribution < 1.29 is 4.79 Å². The number of likely N-dealkylation sites (tertiary alicyclic amines) is 1. The van der Waals surface area contributed by atoms with Gasteiger partial charge in [0, 0.05) is 25.6 Å². The van der Waals surface area contributed by atoms with Crippen LogP contribution in [0.3, 0.4) is 0 Å². The number of hydrogen-bond donors (Lipinski definition) is 1. The lowest BCUT2D eigenvalue weighted by Gasteiger charge is -2.33. The predicted octanol–water partition coefficient (Wildman–Crippen LogP) is 1.91. The van der Waals surface area contributed by atoms with Crippen LogP contribution in [0, 0.1) is 11.8 Å². The van der Waals surface area contributed by atoms with Gasteiger partial charge in [-0.3, -0.25) is 4.79 Å². The highest BCUT2D eigenvalue weighted by atomic mass is 35.5. The minimum atomic E-state index is 0. The summed E-state index contributed by atoms with van der Waals surface area (Å²) in [6, 6.07) is 0. The van der Waals surface area contributed by atoms with Gasteiger partial charge >= 0.3 is 0 Å². The van der Waals surface area contributed by atoms with Crippen molar-refractivity contribution >= 4 is 18.3 Å². The summed E-state index contributed by atoms with van der Waals surface area (Å²) in [6.07, 6.45) is 3.64. The Labute approximate surface area is 105 Å². The van der Waals surface area contributed by atoms with Crippen molar-refractivity contribution in [3.8, 4) is 0 Å². The summed E-state index contributed by atoms with van der Waals surface area (Å²) in [6.45, 7) is 6.96. The fourth-order valence-corrected chi connectivity index (χ4v) is 2.27. The SMILES string of the molecule is CCC1CCN(C(=O)C(C)CNC)CC1.Cl. The Morgan fingerprint density at radius 3 is 2.44 bits per heavy atom. The molecule has 0 spiro atoms. The Balaban J connectivity index is 0.00000225. The van der Waals surface area contributed by atoms with Gasteiger partial charge in [-0.05, 0) is 25.8 Å². The van der Waals surface area contributed by atoms with E-state index in [-0.39, 0.29) is 18.3 Å². The summed E-state index contributed by atoms with van der Waals surface area (Å²) in [5, 5.41) is 3.06. The summed E-state index contributed by atoms with van der Waals surface area (Å²) in [4.78, 5) is 14.0. The second-order valence-electron chi connectivity index (χ2n) is 4.64. The van der Waals surface area contributed by atoms with Crippen LogP contribution in [-0.2, 0) is 4.79 Å². The monoisotopic (exact) mass is 248 g/mol. The molecule has 16 heavy (non-hydrogen) atoms. The van der Waals surface area contributed by atoms with E-state index in [9.17, 15) is 4.79 Å². The van der Waals surface area contributed by atoms with E-state index in [0.29, 0.717) is 5.91 Å². The third-order valence-corrected chi connectivity index (χ3v) is 3.44. The maximum Gasteiger partial charge on any atom is 0.226 e. The summed E-state index contributed by atoms with van der Waals surface area (Å²) in [5.74, 6) is 1.28. The Bertz CT molecular complexity index is 203. The number of piperidine rings is 1. The highest BCUT2D eigenvalue weighted by Crippen LogP contribution is 2.20. The van der Waals surface area contributed by atoms with Gasteiger partial charge < -0.3 is 10.2 Å². The number of amides is 1. The molecule has 0 aromatic carbocycles. The van der Waals surface area contributed by atoms with Gasteiger partial charge in [-0.2, -0.15) is 0 Å². The lowest BCUT2D eigenvalue weighted by Crippen LogP contribution is -2.43. The first-order chi connectivity index (χ1) is 7.19. The summed E-state index contributed by atoms with van der Waals surface area (Å²) in [5.41, 5.74) is 0. The molecule has 1 N–H and O–H groups in total. The highest BCUT2D eigenvalue weighted by Gasteiger charge is 2.24. The van der Waals surface area contributed by atoms with Crippen LogP contribution in [0.25, 0.3) is 0 Å². The lowest BCUT2D eigenvalue weighted by molar-refractivity contribution is -0.136. The molecule has 1 aliphatic heterocycles. The smallest absolute Gasteiger partial charge is 0.226 e. The number of halogens is 1. The van der Waals surface area contributed by atoms with Crippen molar-refractivity contribution in [1.29, 1.82) is 0 Å². The molecule has 1 fully saturated rings. The summed E-state index contributed by atoms with van der Waals surface area (Å²) < 4.78 is 0. The minimum Gasteiger partial charge on any atom is -0.342 e. The van der Waals surface area contributed by atoms with Crippen LogP contribution >= 0.6 is 12.4 Å². The number of nitrogens with zero attached hydrogens (tertiary/aromatic N) is 1. The summed E-state index contributed by atoms with van der Waals surface area (Å²) in [7, 11) is 1.90. The Hall–Kier alpha value is -0.280. The van der Waals surface area contributed by atoms with Gasteiger partial charge in [0.15, 0.2) is 0 Å². The van der Waals surface area contributed by atoms with Gasteiger partial charge in [0.1, 0.15) is 0 Å². The third-order valence-electron chi connectivity index (χ3n) is 3.44. The lowest BCUT2D eigenvalue weighted by atomic mass is 9.94. The highest BCUT2D eigenvalue weighted by molar-refractivity contribution is 5.85. The van der Waals surface area contributed by atoms with Crippen molar-refractivity contribution in [2.24, 2.45) is 11.8 Å². The molecule has 0 aromatic rings. The normalized spacial score (nSPS) is 19.1. The molecule has 1 amide bonds.